The van der Waals surface area contributed by atoms with Crippen LogP contribution in [0.2, 0.25) is 5.02 Å². The van der Waals surface area contributed by atoms with Crippen molar-refractivity contribution in [2.24, 2.45) is 0 Å². The minimum atomic E-state index is -0.157. The van der Waals surface area contributed by atoms with E-state index in [2.05, 4.69) is 10.5 Å². The fourth-order valence-electron chi connectivity index (χ4n) is 1.99. The van der Waals surface area contributed by atoms with Gasteiger partial charge in [-0.3, -0.25) is 9.59 Å². The molecular formula is C16H17ClN2O3. The SMILES string of the molecule is Cc1cc(CCNC(=O)CCC(=O)c2cccc(Cl)c2)no1. The Hall–Kier alpha value is -2.14. The van der Waals surface area contributed by atoms with Crippen molar-refractivity contribution in [2.75, 3.05) is 6.54 Å². The van der Waals surface area contributed by atoms with E-state index in [1.54, 1.807) is 24.3 Å². The molecule has 1 N–H and O–H groups in total. The Labute approximate surface area is 133 Å². The monoisotopic (exact) mass is 320 g/mol. The molecule has 0 bridgehead atoms. The van der Waals surface area contributed by atoms with Crippen molar-refractivity contribution in [3.63, 3.8) is 0 Å². The minimum Gasteiger partial charge on any atom is -0.361 e. The van der Waals surface area contributed by atoms with Crippen LogP contribution in [0.1, 0.15) is 34.7 Å². The Bertz CT molecular complexity index is 667. The number of amides is 1. The molecule has 0 aliphatic carbocycles. The van der Waals surface area contributed by atoms with Gasteiger partial charge in [-0.15, -0.1) is 0 Å². The summed E-state index contributed by atoms with van der Waals surface area (Å²) in [5.41, 5.74) is 1.33. The van der Waals surface area contributed by atoms with E-state index in [1.807, 2.05) is 13.0 Å². The maximum absolute atomic E-state index is 11.9. The van der Waals surface area contributed by atoms with Crippen molar-refractivity contribution >= 4 is 23.3 Å². The summed E-state index contributed by atoms with van der Waals surface area (Å²) in [5, 5.41) is 7.11. The average molecular weight is 321 g/mol. The molecule has 2 aromatic rings. The second-order valence-electron chi connectivity index (χ2n) is 4.96. The van der Waals surface area contributed by atoms with Gasteiger partial charge in [0.2, 0.25) is 5.91 Å². The molecule has 0 spiro atoms. The van der Waals surface area contributed by atoms with Gasteiger partial charge in [-0.25, -0.2) is 0 Å². The molecule has 0 saturated heterocycles. The molecule has 5 nitrogen and oxygen atoms in total. The summed E-state index contributed by atoms with van der Waals surface area (Å²) in [4.78, 5) is 23.6. The van der Waals surface area contributed by atoms with Gasteiger partial charge in [0, 0.05) is 42.5 Å². The average Bonchev–Trinajstić information content (AvgIpc) is 2.90. The van der Waals surface area contributed by atoms with E-state index in [1.165, 1.54) is 0 Å². The number of aryl methyl sites for hydroxylation is 1. The smallest absolute Gasteiger partial charge is 0.220 e. The number of nitrogens with zero attached hydrogens (tertiary/aromatic N) is 1. The second kappa shape index (κ2) is 7.75. The summed E-state index contributed by atoms with van der Waals surface area (Å²) in [6.07, 6.45) is 0.920. The molecule has 1 heterocycles. The van der Waals surface area contributed by atoms with Crippen LogP contribution in [0.25, 0.3) is 0 Å². The van der Waals surface area contributed by atoms with E-state index in [0.29, 0.717) is 23.6 Å². The first kappa shape index (κ1) is 16.2. The van der Waals surface area contributed by atoms with Crippen LogP contribution in [0.4, 0.5) is 0 Å². The highest BCUT2D eigenvalue weighted by atomic mass is 35.5. The first-order chi connectivity index (χ1) is 10.5. The van der Waals surface area contributed by atoms with E-state index in [4.69, 9.17) is 16.1 Å². The van der Waals surface area contributed by atoms with Crippen molar-refractivity contribution in [3.05, 3.63) is 52.4 Å². The zero-order valence-electron chi connectivity index (χ0n) is 12.3. The number of hydrogen-bond acceptors (Lipinski definition) is 4. The summed E-state index contributed by atoms with van der Waals surface area (Å²) in [5.74, 6) is 0.494. The molecule has 1 aromatic heterocycles. The normalized spacial score (nSPS) is 10.5. The molecule has 2 rings (SSSR count). The van der Waals surface area contributed by atoms with Gasteiger partial charge in [0.1, 0.15) is 5.76 Å². The molecule has 0 radical (unpaired) electrons. The first-order valence-electron chi connectivity index (χ1n) is 7.02. The van der Waals surface area contributed by atoms with Crippen LogP contribution in [0, 0.1) is 6.92 Å². The molecule has 6 heteroatoms. The highest BCUT2D eigenvalue weighted by molar-refractivity contribution is 6.31. The molecule has 0 saturated carbocycles. The van der Waals surface area contributed by atoms with Crippen LogP contribution in [0.3, 0.4) is 0 Å². The van der Waals surface area contributed by atoms with Gasteiger partial charge in [0.15, 0.2) is 5.78 Å². The lowest BCUT2D eigenvalue weighted by Gasteiger charge is -2.04. The van der Waals surface area contributed by atoms with Crippen LogP contribution in [0.5, 0.6) is 0 Å². The number of aromatic nitrogens is 1. The van der Waals surface area contributed by atoms with Gasteiger partial charge in [0.05, 0.1) is 5.69 Å². The third-order valence-corrected chi connectivity index (χ3v) is 3.34. The van der Waals surface area contributed by atoms with Crippen LogP contribution in [0.15, 0.2) is 34.9 Å². The standard InChI is InChI=1S/C16H17ClN2O3/c1-11-9-14(19-22-11)7-8-18-16(21)6-5-15(20)12-3-2-4-13(17)10-12/h2-4,9-10H,5-8H2,1H3,(H,18,21). The second-order valence-corrected chi connectivity index (χ2v) is 5.40. The maximum atomic E-state index is 11.9. The van der Waals surface area contributed by atoms with Crippen molar-refractivity contribution in [2.45, 2.75) is 26.2 Å². The van der Waals surface area contributed by atoms with Crippen LogP contribution in [-0.4, -0.2) is 23.4 Å². The van der Waals surface area contributed by atoms with Gasteiger partial charge in [0.25, 0.3) is 0 Å². The molecular weight excluding hydrogens is 304 g/mol. The third kappa shape index (κ3) is 5.00. The van der Waals surface area contributed by atoms with Crippen molar-refractivity contribution in [3.8, 4) is 0 Å². The Balaban J connectivity index is 1.70. The van der Waals surface area contributed by atoms with Gasteiger partial charge < -0.3 is 9.84 Å². The lowest BCUT2D eigenvalue weighted by atomic mass is 10.1. The number of hydrogen-bond donors (Lipinski definition) is 1. The predicted molar refractivity (Wildman–Crippen MR) is 83.0 cm³/mol. The Kier molecular flexibility index (Phi) is 5.72. The van der Waals surface area contributed by atoms with Gasteiger partial charge in [-0.1, -0.05) is 28.9 Å². The number of nitrogens with one attached hydrogen (secondary N) is 1. The highest BCUT2D eigenvalue weighted by Crippen LogP contribution is 2.13. The van der Waals surface area contributed by atoms with E-state index in [-0.39, 0.29) is 24.5 Å². The fraction of sp³-hybridized carbons (Fsp3) is 0.312. The molecule has 0 unspecified atom stereocenters. The molecule has 0 fully saturated rings. The number of carbonyl (C=O) groups is 2. The predicted octanol–water partition coefficient (Wildman–Crippen LogP) is 2.96. The number of ketones is 1. The van der Waals surface area contributed by atoms with Crippen LogP contribution < -0.4 is 5.32 Å². The summed E-state index contributed by atoms with van der Waals surface area (Å²) in [6, 6.07) is 8.55. The highest BCUT2D eigenvalue weighted by Gasteiger charge is 2.10. The number of rotatable bonds is 7. The van der Waals surface area contributed by atoms with Crippen molar-refractivity contribution in [1.29, 1.82) is 0 Å². The molecule has 0 aliphatic rings. The number of halogens is 1. The Morgan fingerprint density at radius 3 is 2.77 bits per heavy atom. The van der Waals surface area contributed by atoms with E-state index in [9.17, 15) is 9.59 Å². The minimum absolute atomic E-state index is 0.0928. The molecule has 0 aliphatic heterocycles. The molecule has 0 atom stereocenters. The summed E-state index contributed by atoms with van der Waals surface area (Å²) in [6.45, 7) is 2.28. The van der Waals surface area contributed by atoms with Gasteiger partial charge >= 0.3 is 0 Å². The Morgan fingerprint density at radius 2 is 2.09 bits per heavy atom. The fourth-order valence-corrected chi connectivity index (χ4v) is 2.18. The molecule has 116 valence electrons. The number of benzene rings is 1. The van der Waals surface area contributed by atoms with Crippen LogP contribution >= 0.6 is 11.6 Å². The van der Waals surface area contributed by atoms with E-state index in [0.717, 1.165) is 11.5 Å². The van der Waals surface area contributed by atoms with Gasteiger partial charge in [-0.2, -0.15) is 0 Å². The molecule has 1 aromatic carbocycles. The maximum Gasteiger partial charge on any atom is 0.220 e. The summed E-state index contributed by atoms with van der Waals surface area (Å²) in [7, 11) is 0. The van der Waals surface area contributed by atoms with E-state index < -0.39 is 0 Å². The molecule has 22 heavy (non-hydrogen) atoms. The van der Waals surface area contributed by atoms with Gasteiger partial charge in [-0.05, 0) is 19.1 Å². The lowest BCUT2D eigenvalue weighted by Crippen LogP contribution is -2.26. The summed E-state index contributed by atoms with van der Waals surface area (Å²) >= 11 is 5.83. The zero-order valence-corrected chi connectivity index (χ0v) is 13.0. The van der Waals surface area contributed by atoms with E-state index >= 15 is 0 Å². The topological polar surface area (TPSA) is 72.2 Å². The number of Topliss-reactive ketones (excluding diaryl/α,β-unsaturated/α-hetero) is 1. The van der Waals surface area contributed by atoms with Crippen LogP contribution in [-0.2, 0) is 11.2 Å². The lowest BCUT2D eigenvalue weighted by molar-refractivity contribution is -0.121. The van der Waals surface area contributed by atoms with Crippen molar-refractivity contribution in [1.82, 2.24) is 10.5 Å². The largest absolute Gasteiger partial charge is 0.361 e. The van der Waals surface area contributed by atoms with Crippen molar-refractivity contribution < 1.29 is 14.1 Å². The molecule has 1 amide bonds. The zero-order chi connectivity index (χ0) is 15.9. The summed E-state index contributed by atoms with van der Waals surface area (Å²) < 4.78 is 4.94. The quantitative estimate of drug-likeness (QED) is 0.796. The Morgan fingerprint density at radius 1 is 1.27 bits per heavy atom. The number of carbonyl (C=O) groups excluding carboxylic acids is 2. The first-order valence-corrected chi connectivity index (χ1v) is 7.40. The third-order valence-electron chi connectivity index (χ3n) is 3.11.